The van der Waals surface area contributed by atoms with Gasteiger partial charge in [0.1, 0.15) is 17.3 Å². The van der Waals surface area contributed by atoms with Gasteiger partial charge in [0, 0.05) is 37.4 Å². The average Bonchev–Trinajstić information content (AvgIpc) is 3.44. The molecule has 146 valence electrons. The first-order valence-corrected chi connectivity index (χ1v) is 10.4. The summed E-state index contributed by atoms with van der Waals surface area (Å²) in [5, 5.41) is 3.57. The summed E-state index contributed by atoms with van der Waals surface area (Å²) in [6.07, 6.45) is 10.2. The molecule has 7 heteroatoms. The smallest absolute Gasteiger partial charge is 0.331 e. The van der Waals surface area contributed by atoms with Crippen molar-refractivity contribution < 1.29 is 0 Å². The second kappa shape index (κ2) is 7.04. The van der Waals surface area contributed by atoms with E-state index in [1.54, 1.807) is 0 Å². The van der Waals surface area contributed by atoms with Crippen LogP contribution in [-0.2, 0) is 19.5 Å². The van der Waals surface area contributed by atoms with E-state index in [1.807, 2.05) is 33.7 Å². The van der Waals surface area contributed by atoms with Crippen molar-refractivity contribution in [3.8, 4) is 11.5 Å². The average molecular weight is 378 g/mol. The molecule has 1 aromatic heterocycles. The fourth-order valence-corrected chi connectivity index (χ4v) is 4.64. The van der Waals surface area contributed by atoms with Crippen LogP contribution in [0.4, 0.5) is 5.82 Å². The van der Waals surface area contributed by atoms with Crippen molar-refractivity contribution in [2.75, 3.05) is 5.32 Å². The maximum Gasteiger partial charge on any atom is 0.331 e. The molecule has 1 N–H and O–H groups in total. The zero-order valence-corrected chi connectivity index (χ0v) is 16.3. The lowest BCUT2D eigenvalue weighted by Crippen LogP contribution is -2.32. The number of nitrogens with zero attached hydrogens (tertiary/aromatic N) is 5. The molecule has 1 aliphatic carbocycles. The minimum atomic E-state index is 0.0203. The predicted molar refractivity (Wildman–Crippen MR) is 108 cm³/mol. The SMILES string of the molecule is CCCn1c2nc(C3CCCC3)nc-2c2n(c1=O)C[C@H](Cc1ccncc1)N2. The Morgan fingerprint density at radius 2 is 1.96 bits per heavy atom. The van der Waals surface area contributed by atoms with Crippen molar-refractivity contribution in [1.82, 2.24) is 24.1 Å². The Balaban J connectivity index is 1.55. The van der Waals surface area contributed by atoms with Crippen LogP contribution in [0.5, 0.6) is 0 Å². The van der Waals surface area contributed by atoms with Crippen LogP contribution < -0.4 is 11.0 Å². The third-order valence-electron chi connectivity index (χ3n) is 6.01. The van der Waals surface area contributed by atoms with E-state index in [1.165, 1.54) is 18.4 Å². The van der Waals surface area contributed by atoms with Gasteiger partial charge in [-0.1, -0.05) is 19.8 Å². The molecule has 0 radical (unpaired) electrons. The van der Waals surface area contributed by atoms with Crippen molar-refractivity contribution in [2.45, 2.75) is 70.5 Å². The van der Waals surface area contributed by atoms with E-state index >= 15 is 0 Å². The van der Waals surface area contributed by atoms with Gasteiger partial charge < -0.3 is 5.32 Å². The van der Waals surface area contributed by atoms with Gasteiger partial charge >= 0.3 is 5.69 Å². The minimum absolute atomic E-state index is 0.0203. The molecule has 1 atom stereocenters. The van der Waals surface area contributed by atoms with Gasteiger partial charge in [-0.2, -0.15) is 0 Å². The summed E-state index contributed by atoms with van der Waals surface area (Å²) in [6.45, 7) is 3.42. The number of anilines is 1. The van der Waals surface area contributed by atoms with Crippen LogP contribution in [0.25, 0.3) is 11.5 Å². The molecular weight excluding hydrogens is 352 g/mol. The summed E-state index contributed by atoms with van der Waals surface area (Å²) in [5.74, 6) is 2.94. The standard InChI is InChI=1S/C21H26N6O/c1-2-11-26-20-17(24-18(25-20)15-5-3-4-6-15)19-23-16(13-27(19)21(26)28)12-14-7-9-22-10-8-14/h7-10,15-16,23H,2-6,11-13H2,1H3/t16-/m0/s1. The summed E-state index contributed by atoms with van der Waals surface area (Å²) in [4.78, 5) is 27.1. The minimum Gasteiger partial charge on any atom is -0.365 e. The van der Waals surface area contributed by atoms with E-state index in [2.05, 4.69) is 17.2 Å². The number of pyridine rings is 1. The second-order valence-electron chi connectivity index (χ2n) is 8.03. The van der Waals surface area contributed by atoms with Crippen molar-refractivity contribution in [2.24, 2.45) is 0 Å². The number of nitrogens with one attached hydrogen (secondary N) is 1. The fourth-order valence-electron chi connectivity index (χ4n) is 4.64. The summed E-state index contributed by atoms with van der Waals surface area (Å²) in [5.41, 5.74) is 2.09. The van der Waals surface area contributed by atoms with Crippen LogP contribution in [-0.4, -0.2) is 30.1 Å². The van der Waals surface area contributed by atoms with Crippen molar-refractivity contribution >= 4 is 5.82 Å². The number of rotatable bonds is 5. The number of hydrogen-bond donors (Lipinski definition) is 1. The zero-order chi connectivity index (χ0) is 19.1. The maximum absolute atomic E-state index is 13.2. The molecule has 0 saturated heterocycles. The molecule has 4 aliphatic rings. The molecule has 0 spiro atoms. The monoisotopic (exact) mass is 378 g/mol. The van der Waals surface area contributed by atoms with Gasteiger partial charge in [-0.3, -0.25) is 14.1 Å². The number of fused-ring (bicyclic) bond motifs is 3. The first kappa shape index (κ1) is 17.4. The van der Waals surface area contributed by atoms with Crippen LogP contribution in [0, 0.1) is 0 Å². The number of hydrogen-bond acceptors (Lipinski definition) is 5. The summed E-state index contributed by atoms with van der Waals surface area (Å²) >= 11 is 0. The van der Waals surface area contributed by atoms with Crippen LogP contribution >= 0.6 is 0 Å². The van der Waals surface area contributed by atoms with Crippen LogP contribution in [0.1, 0.15) is 56.3 Å². The Morgan fingerprint density at radius 1 is 1.18 bits per heavy atom. The lowest BCUT2D eigenvalue weighted by Gasteiger charge is -2.13. The van der Waals surface area contributed by atoms with Gasteiger partial charge in [-0.05, 0) is 43.4 Å². The molecule has 5 rings (SSSR count). The Kier molecular flexibility index (Phi) is 4.37. The molecule has 1 saturated carbocycles. The van der Waals surface area contributed by atoms with Gasteiger partial charge in [0.2, 0.25) is 0 Å². The van der Waals surface area contributed by atoms with Gasteiger partial charge in [-0.15, -0.1) is 0 Å². The topological polar surface area (TPSA) is 77.6 Å². The Hall–Kier alpha value is -2.70. The highest BCUT2D eigenvalue weighted by molar-refractivity contribution is 5.70. The third-order valence-corrected chi connectivity index (χ3v) is 6.01. The highest BCUT2D eigenvalue weighted by Crippen LogP contribution is 2.37. The molecule has 0 amide bonds. The molecule has 1 aromatic rings. The summed E-state index contributed by atoms with van der Waals surface area (Å²) in [7, 11) is 0. The van der Waals surface area contributed by atoms with Crippen molar-refractivity contribution in [3.63, 3.8) is 0 Å². The Labute approximate surface area is 164 Å². The summed E-state index contributed by atoms with van der Waals surface area (Å²) < 4.78 is 3.68. The van der Waals surface area contributed by atoms with E-state index in [0.29, 0.717) is 19.0 Å². The number of imidazole rings is 1. The molecule has 28 heavy (non-hydrogen) atoms. The van der Waals surface area contributed by atoms with Crippen molar-refractivity contribution in [1.29, 1.82) is 0 Å². The molecule has 0 bridgehead atoms. The largest absolute Gasteiger partial charge is 0.365 e. The molecule has 3 aliphatic heterocycles. The van der Waals surface area contributed by atoms with Crippen molar-refractivity contribution in [3.05, 3.63) is 46.4 Å². The van der Waals surface area contributed by atoms with Crippen LogP contribution in [0.15, 0.2) is 29.3 Å². The quantitative estimate of drug-likeness (QED) is 0.738. The fraction of sp³-hybridized carbons (Fsp3) is 0.524. The molecule has 0 unspecified atom stereocenters. The van der Waals surface area contributed by atoms with Gasteiger partial charge in [-0.25, -0.2) is 14.8 Å². The van der Waals surface area contributed by atoms with Crippen LogP contribution in [0.2, 0.25) is 0 Å². The highest BCUT2D eigenvalue weighted by atomic mass is 16.1. The van der Waals surface area contributed by atoms with E-state index < -0.39 is 0 Å². The number of aromatic nitrogens is 5. The Morgan fingerprint density at radius 3 is 2.71 bits per heavy atom. The Bertz CT molecular complexity index is 1000. The predicted octanol–water partition coefficient (Wildman–Crippen LogP) is 3.04. The lowest BCUT2D eigenvalue weighted by molar-refractivity contribution is 0.560. The maximum atomic E-state index is 13.2. The molecular formula is C21H26N6O. The van der Waals surface area contributed by atoms with Gasteiger partial charge in [0.05, 0.1) is 0 Å². The second-order valence-corrected chi connectivity index (χ2v) is 8.03. The molecule has 4 heterocycles. The van der Waals surface area contributed by atoms with E-state index in [9.17, 15) is 4.79 Å². The van der Waals surface area contributed by atoms with E-state index in [4.69, 9.17) is 9.97 Å². The van der Waals surface area contributed by atoms with E-state index in [0.717, 1.165) is 48.8 Å². The zero-order valence-electron chi connectivity index (χ0n) is 16.3. The van der Waals surface area contributed by atoms with E-state index in [-0.39, 0.29) is 11.7 Å². The van der Waals surface area contributed by atoms with Gasteiger partial charge in [0.25, 0.3) is 0 Å². The highest BCUT2D eigenvalue weighted by Gasteiger charge is 2.33. The van der Waals surface area contributed by atoms with Gasteiger partial charge in [0.15, 0.2) is 5.82 Å². The summed E-state index contributed by atoms with van der Waals surface area (Å²) in [6, 6.07) is 4.23. The first-order chi connectivity index (χ1) is 13.7. The molecule has 0 aromatic carbocycles. The molecule has 7 nitrogen and oxygen atoms in total. The normalized spacial score (nSPS) is 19.2. The first-order valence-electron chi connectivity index (χ1n) is 10.4. The molecule has 1 fully saturated rings. The van der Waals surface area contributed by atoms with Crippen LogP contribution in [0.3, 0.4) is 0 Å². The third kappa shape index (κ3) is 2.89. The lowest BCUT2D eigenvalue weighted by atomic mass is 10.1.